The molecule has 2 aromatic rings. The van der Waals surface area contributed by atoms with Gasteiger partial charge in [-0.1, -0.05) is 53.6 Å². The van der Waals surface area contributed by atoms with E-state index in [-0.39, 0.29) is 11.8 Å². The van der Waals surface area contributed by atoms with E-state index in [4.69, 9.17) is 11.6 Å². The summed E-state index contributed by atoms with van der Waals surface area (Å²) in [5.74, 6) is -0.0852. The molecule has 4 nitrogen and oxygen atoms in total. The van der Waals surface area contributed by atoms with E-state index < -0.39 is 0 Å². The van der Waals surface area contributed by atoms with Crippen molar-refractivity contribution in [3.63, 3.8) is 0 Å². The van der Waals surface area contributed by atoms with Crippen molar-refractivity contribution in [2.45, 2.75) is 33.2 Å². The molecule has 0 saturated carbocycles. The van der Waals surface area contributed by atoms with Crippen molar-refractivity contribution in [1.82, 2.24) is 10.2 Å². The molecule has 0 aliphatic rings. The summed E-state index contributed by atoms with van der Waals surface area (Å²) in [7, 11) is 0. The van der Waals surface area contributed by atoms with Crippen LogP contribution in [0.1, 0.15) is 30.0 Å². The van der Waals surface area contributed by atoms with E-state index in [2.05, 4.69) is 5.32 Å². The molecule has 26 heavy (non-hydrogen) atoms. The third-order valence-electron chi connectivity index (χ3n) is 4.22. The lowest BCUT2D eigenvalue weighted by atomic mass is 10.1. The first-order chi connectivity index (χ1) is 12.4. The minimum absolute atomic E-state index is 0.0293. The van der Waals surface area contributed by atoms with Crippen molar-refractivity contribution in [1.29, 1.82) is 0 Å². The number of amides is 2. The van der Waals surface area contributed by atoms with E-state index in [1.165, 1.54) is 12.5 Å². The van der Waals surface area contributed by atoms with Crippen molar-refractivity contribution in [2.24, 2.45) is 0 Å². The molecule has 2 aromatic carbocycles. The van der Waals surface area contributed by atoms with Gasteiger partial charge in [-0.2, -0.15) is 0 Å². The monoisotopic (exact) mass is 372 g/mol. The van der Waals surface area contributed by atoms with Gasteiger partial charge in [0.25, 0.3) is 0 Å². The summed E-state index contributed by atoms with van der Waals surface area (Å²) in [6, 6.07) is 15.7. The Balaban J connectivity index is 1.77. The Morgan fingerprint density at radius 2 is 1.77 bits per heavy atom. The fourth-order valence-corrected chi connectivity index (χ4v) is 2.83. The summed E-state index contributed by atoms with van der Waals surface area (Å²) >= 11 is 5.99. The third kappa shape index (κ3) is 6.89. The van der Waals surface area contributed by atoms with Crippen molar-refractivity contribution < 1.29 is 9.59 Å². The van der Waals surface area contributed by atoms with Crippen molar-refractivity contribution >= 4 is 23.4 Å². The number of nitrogens with one attached hydrogen (secondary N) is 1. The molecule has 0 fully saturated rings. The topological polar surface area (TPSA) is 49.4 Å². The van der Waals surface area contributed by atoms with Crippen molar-refractivity contribution in [3.05, 3.63) is 70.2 Å². The molecule has 0 saturated heterocycles. The third-order valence-corrected chi connectivity index (χ3v) is 4.46. The number of benzene rings is 2. The fraction of sp³-hybridized carbons (Fsp3) is 0.333. The van der Waals surface area contributed by atoms with Gasteiger partial charge >= 0.3 is 0 Å². The van der Waals surface area contributed by atoms with Crippen LogP contribution in [0.25, 0.3) is 0 Å². The highest BCUT2D eigenvalue weighted by Gasteiger charge is 2.11. The number of halogens is 1. The number of rotatable bonds is 8. The predicted molar refractivity (Wildman–Crippen MR) is 105 cm³/mol. The zero-order chi connectivity index (χ0) is 18.9. The lowest BCUT2D eigenvalue weighted by Gasteiger charge is -2.21. The smallest absolute Gasteiger partial charge is 0.222 e. The summed E-state index contributed by atoms with van der Waals surface area (Å²) in [5, 5.41) is 3.59. The molecule has 0 aliphatic heterocycles. The van der Waals surface area contributed by atoms with Crippen molar-refractivity contribution in [3.8, 4) is 0 Å². The van der Waals surface area contributed by atoms with Gasteiger partial charge in [0.05, 0.1) is 0 Å². The van der Waals surface area contributed by atoms with Crippen LogP contribution in [0.4, 0.5) is 0 Å². The number of carbonyl (C=O) groups is 2. The molecule has 0 heterocycles. The Kier molecular flexibility index (Phi) is 7.67. The quantitative estimate of drug-likeness (QED) is 0.767. The predicted octanol–water partition coefficient (Wildman–Crippen LogP) is 3.75. The molecule has 0 radical (unpaired) electrons. The zero-order valence-electron chi connectivity index (χ0n) is 15.3. The molecule has 2 amide bonds. The summed E-state index contributed by atoms with van der Waals surface area (Å²) in [6.07, 6.45) is 1.01. The number of nitrogens with zero attached hydrogens (tertiary/aromatic N) is 1. The van der Waals surface area contributed by atoms with E-state index in [1.54, 1.807) is 4.90 Å². The lowest BCUT2D eigenvalue weighted by Crippen LogP contribution is -2.35. The van der Waals surface area contributed by atoms with Gasteiger partial charge < -0.3 is 10.2 Å². The first kappa shape index (κ1) is 20.0. The molecule has 0 bridgehead atoms. The van der Waals surface area contributed by atoms with E-state index >= 15 is 0 Å². The highest BCUT2D eigenvalue weighted by atomic mass is 35.5. The number of carbonyl (C=O) groups excluding carboxylic acids is 2. The molecule has 0 spiro atoms. The Morgan fingerprint density at radius 1 is 1.04 bits per heavy atom. The molecule has 0 unspecified atom stereocenters. The number of aryl methyl sites for hydroxylation is 1. The molecule has 0 aliphatic carbocycles. The van der Waals surface area contributed by atoms with Gasteiger partial charge in [0.15, 0.2) is 0 Å². The average Bonchev–Trinajstić information content (AvgIpc) is 2.61. The first-order valence-corrected chi connectivity index (χ1v) is 9.14. The second kappa shape index (κ2) is 9.97. The van der Waals surface area contributed by atoms with Crippen LogP contribution in [0, 0.1) is 6.92 Å². The van der Waals surface area contributed by atoms with Crippen LogP contribution >= 0.6 is 11.6 Å². The maximum Gasteiger partial charge on any atom is 0.222 e. The van der Waals surface area contributed by atoms with Crippen LogP contribution in [-0.2, 0) is 22.6 Å². The van der Waals surface area contributed by atoms with Crippen LogP contribution in [0.2, 0.25) is 5.02 Å². The zero-order valence-corrected chi connectivity index (χ0v) is 16.1. The SMILES string of the molecule is CC(=O)N(CCC(=O)NCc1ccc(C)cc1)CCc1cccc(Cl)c1. The van der Waals surface area contributed by atoms with Gasteiger partial charge in [-0.3, -0.25) is 9.59 Å². The molecule has 1 N–H and O–H groups in total. The Labute approximate surface area is 160 Å². The number of hydrogen-bond donors (Lipinski definition) is 1. The fourth-order valence-electron chi connectivity index (χ4n) is 2.61. The summed E-state index contributed by atoms with van der Waals surface area (Å²) in [6.45, 7) is 5.04. The van der Waals surface area contributed by atoms with Crippen molar-refractivity contribution in [2.75, 3.05) is 13.1 Å². The lowest BCUT2D eigenvalue weighted by molar-refractivity contribution is -0.129. The molecule has 2 rings (SSSR count). The standard InChI is InChI=1S/C21H25ClN2O2/c1-16-6-8-19(9-7-16)15-23-21(26)11-13-24(17(2)25)12-10-18-4-3-5-20(22)14-18/h3-9,14H,10-13,15H2,1-2H3,(H,23,26). The first-order valence-electron chi connectivity index (χ1n) is 8.76. The van der Waals surface area contributed by atoms with Crippen LogP contribution in [-0.4, -0.2) is 29.8 Å². The van der Waals surface area contributed by atoms with Gasteiger partial charge in [-0.25, -0.2) is 0 Å². The van der Waals surface area contributed by atoms with E-state index in [9.17, 15) is 9.59 Å². The molecular weight excluding hydrogens is 348 g/mol. The summed E-state index contributed by atoms with van der Waals surface area (Å²) < 4.78 is 0. The van der Waals surface area contributed by atoms with Gasteiger partial charge in [0.2, 0.25) is 11.8 Å². The maximum atomic E-state index is 12.1. The molecule has 138 valence electrons. The average molecular weight is 373 g/mol. The second-order valence-electron chi connectivity index (χ2n) is 6.40. The van der Waals surface area contributed by atoms with E-state index in [1.807, 2.05) is 55.5 Å². The highest BCUT2D eigenvalue weighted by molar-refractivity contribution is 6.30. The Morgan fingerprint density at radius 3 is 2.42 bits per heavy atom. The normalized spacial score (nSPS) is 10.4. The largest absolute Gasteiger partial charge is 0.352 e. The van der Waals surface area contributed by atoms with Crippen LogP contribution < -0.4 is 5.32 Å². The number of hydrogen-bond acceptors (Lipinski definition) is 2. The molecule has 0 atom stereocenters. The van der Waals surface area contributed by atoms with E-state index in [0.29, 0.717) is 37.5 Å². The maximum absolute atomic E-state index is 12.1. The molecule has 5 heteroatoms. The van der Waals surface area contributed by atoms with Gasteiger partial charge in [0, 0.05) is 38.0 Å². The van der Waals surface area contributed by atoms with Crippen LogP contribution in [0.3, 0.4) is 0 Å². The summed E-state index contributed by atoms with van der Waals surface area (Å²) in [5.41, 5.74) is 3.33. The minimum Gasteiger partial charge on any atom is -0.352 e. The molecular formula is C21H25ClN2O2. The summed E-state index contributed by atoms with van der Waals surface area (Å²) in [4.78, 5) is 25.6. The Hall–Kier alpha value is -2.33. The molecule has 0 aromatic heterocycles. The van der Waals surface area contributed by atoms with Crippen LogP contribution in [0.15, 0.2) is 48.5 Å². The minimum atomic E-state index is -0.0559. The highest BCUT2D eigenvalue weighted by Crippen LogP contribution is 2.11. The second-order valence-corrected chi connectivity index (χ2v) is 6.83. The van der Waals surface area contributed by atoms with Crippen LogP contribution in [0.5, 0.6) is 0 Å². The van der Waals surface area contributed by atoms with E-state index in [0.717, 1.165) is 11.1 Å². The van der Waals surface area contributed by atoms with Gasteiger partial charge in [-0.05, 0) is 36.6 Å². The Bertz CT molecular complexity index is 744. The van der Waals surface area contributed by atoms with Gasteiger partial charge in [0.1, 0.15) is 0 Å². The van der Waals surface area contributed by atoms with Gasteiger partial charge in [-0.15, -0.1) is 0 Å².